The Labute approximate surface area is 157 Å². The quantitative estimate of drug-likeness (QED) is 0.781. The van der Waals surface area contributed by atoms with Crippen LogP contribution in [0.25, 0.3) is 6.08 Å². The molecule has 6 heteroatoms. The number of ketones is 1. The van der Waals surface area contributed by atoms with Gasteiger partial charge in [0.25, 0.3) is 0 Å². The molecular weight excluding hydrogens is 344 g/mol. The maximum Gasteiger partial charge on any atom is 0.231 e. The molecule has 3 aliphatic heterocycles. The Balaban J connectivity index is 1.42. The van der Waals surface area contributed by atoms with Crippen LogP contribution in [0.5, 0.6) is 11.5 Å². The summed E-state index contributed by atoms with van der Waals surface area (Å²) in [5.74, 6) is 1.65. The molecule has 1 saturated heterocycles. The van der Waals surface area contributed by atoms with Crippen molar-refractivity contribution in [1.29, 1.82) is 0 Å². The average molecular weight is 364 g/mol. The largest absolute Gasteiger partial charge is 0.478 e. The van der Waals surface area contributed by atoms with Gasteiger partial charge in [-0.25, -0.2) is 0 Å². The Hall–Kier alpha value is -2.70. The fourth-order valence-corrected chi connectivity index (χ4v) is 3.81. The van der Waals surface area contributed by atoms with Crippen molar-refractivity contribution >= 4 is 11.9 Å². The maximum absolute atomic E-state index is 12.8. The minimum atomic E-state index is -0.0964. The molecule has 4 heterocycles. The van der Waals surface area contributed by atoms with Crippen LogP contribution in [0.3, 0.4) is 0 Å². The van der Waals surface area contributed by atoms with Crippen molar-refractivity contribution in [2.24, 2.45) is 0 Å². The lowest BCUT2D eigenvalue weighted by Crippen LogP contribution is -2.37. The SMILES string of the molecule is O=C1/C(=C/c2ccncc2)Oc2c1ccc1c2CN(C[C@@H]2CCCO2)CO1. The summed E-state index contributed by atoms with van der Waals surface area (Å²) < 4.78 is 17.6. The molecule has 3 aliphatic rings. The smallest absolute Gasteiger partial charge is 0.231 e. The van der Waals surface area contributed by atoms with E-state index >= 15 is 0 Å². The highest BCUT2D eigenvalue weighted by atomic mass is 16.5. The van der Waals surface area contributed by atoms with Crippen LogP contribution < -0.4 is 9.47 Å². The first-order valence-corrected chi connectivity index (χ1v) is 9.25. The van der Waals surface area contributed by atoms with E-state index < -0.39 is 0 Å². The lowest BCUT2D eigenvalue weighted by Gasteiger charge is -2.31. The third-order valence-corrected chi connectivity index (χ3v) is 5.17. The molecule has 0 radical (unpaired) electrons. The summed E-state index contributed by atoms with van der Waals surface area (Å²) in [6.45, 7) is 2.89. The summed E-state index contributed by atoms with van der Waals surface area (Å²) >= 11 is 0. The highest BCUT2D eigenvalue weighted by Gasteiger charge is 2.34. The zero-order valence-electron chi connectivity index (χ0n) is 14.9. The molecule has 0 saturated carbocycles. The molecule has 6 nitrogen and oxygen atoms in total. The second-order valence-electron chi connectivity index (χ2n) is 7.06. The van der Waals surface area contributed by atoms with E-state index in [1.165, 1.54) is 0 Å². The summed E-state index contributed by atoms with van der Waals surface area (Å²) in [6, 6.07) is 7.34. The van der Waals surface area contributed by atoms with Gasteiger partial charge in [0.05, 0.1) is 17.2 Å². The monoisotopic (exact) mass is 364 g/mol. The van der Waals surface area contributed by atoms with Crippen LogP contribution >= 0.6 is 0 Å². The van der Waals surface area contributed by atoms with Crippen molar-refractivity contribution in [1.82, 2.24) is 9.88 Å². The minimum absolute atomic E-state index is 0.0964. The summed E-state index contributed by atoms with van der Waals surface area (Å²) in [7, 11) is 0. The zero-order chi connectivity index (χ0) is 18.2. The van der Waals surface area contributed by atoms with E-state index in [9.17, 15) is 4.79 Å². The third kappa shape index (κ3) is 3.11. The lowest BCUT2D eigenvalue weighted by molar-refractivity contribution is 0.0274. The maximum atomic E-state index is 12.8. The second-order valence-corrected chi connectivity index (χ2v) is 7.06. The number of Topliss-reactive ketones (excluding diaryl/α,β-unsaturated/α-hetero) is 1. The molecule has 0 aliphatic carbocycles. The van der Waals surface area contributed by atoms with E-state index in [2.05, 4.69) is 9.88 Å². The molecule has 0 N–H and O–H groups in total. The molecule has 0 unspecified atom stereocenters. The van der Waals surface area contributed by atoms with E-state index in [4.69, 9.17) is 14.2 Å². The fourth-order valence-electron chi connectivity index (χ4n) is 3.81. The van der Waals surface area contributed by atoms with Gasteiger partial charge in [-0.2, -0.15) is 0 Å². The van der Waals surface area contributed by atoms with Crippen LogP contribution in [0.1, 0.15) is 34.3 Å². The van der Waals surface area contributed by atoms with Gasteiger partial charge in [0.1, 0.15) is 18.2 Å². The van der Waals surface area contributed by atoms with Gasteiger partial charge >= 0.3 is 0 Å². The van der Waals surface area contributed by atoms with Crippen LogP contribution in [-0.4, -0.2) is 41.7 Å². The number of nitrogens with zero attached hydrogens (tertiary/aromatic N) is 2. The van der Waals surface area contributed by atoms with Gasteiger partial charge in [0.2, 0.25) is 5.78 Å². The average Bonchev–Trinajstić information content (AvgIpc) is 3.31. The first-order valence-electron chi connectivity index (χ1n) is 9.25. The van der Waals surface area contributed by atoms with Crippen molar-refractivity contribution in [3.05, 3.63) is 59.1 Å². The standard InChI is InChI=1S/C21H20N2O4/c24-20-16-3-4-18-17(12-23(13-26-18)11-15-2-1-9-25-15)21(16)27-19(20)10-14-5-7-22-8-6-14/h3-8,10,15H,1-2,9,11-13H2/b19-10-/t15-/m0/s1. The van der Waals surface area contributed by atoms with Crippen LogP contribution in [0.2, 0.25) is 0 Å². The Morgan fingerprint density at radius 2 is 2.11 bits per heavy atom. The molecular formula is C21H20N2O4. The van der Waals surface area contributed by atoms with E-state index in [1.807, 2.05) is 18.2 Å². The topological polar surface area (TPSA) is 60.9 Å². The number of rotatable bonds is 3. The summed E-state index contributed by atoms with van der Waals surface area (Å²) in [5.41, 5.74) is 2.41. The predicted octanol–water partition coefficient (Wildman–Crippen LogP) is 3.03. The Kier molecular flexibility index (Phi) is 4.14. The minimum Gasteiger partial charge on any atom is -0.478 e. The normalized spacial score (nSPS) is 23.0. The number of fused-ring (bicyclic) bond motifs is 3. The number of pyridine rings is 1. The van der Waals surface area contributed by atoms with E-state index in [-0.39, 0.29) is 11.9 Å². The van der Waals surface area contributed by atoms with Gasteiger partial charge in [0.15, 0.2) is 5.76 Å². The molecule has 1 aromatic heterocycles. The van der Waals surface area contributed by atoms with Crippen LogP contribution in [0, 0.1) is 0 Å². The molecule has 0 bridgehead atoms. The third-order valence-electron chi connectivity index (χ3n) is 5.17. The highest BCUT2D eigenvalue weighted by molar-refractivity contribution is 6.15. The first kappa shape index (κ1) is 16.5. The van der Waals surface area contributed by atoms with E-state index in [0.29, 0.717) is 30.3 Å². The van der Waals surface area contributed by atoms with Gasteiger partial charge in [-0.3, -0.25) is 14.7 Å². The number of ether oxygens (including phenoxy) is 3. The Bertz CT molecular complexity index is 904. The Morgan fingerprint density at radius 3 is 2.93 bits per heavy atom. The van der Waals surface area contributed by atoms with E-state index in [0.717, 1.165) is 42.9 Å². The van der Waals surface area contributed by atoms with Crippen molar-refractivity contribution in [3.63, 3.8) is 0 Å². The second kappa shape index (κ2) is 6.79. The van der Waals surface area contributed by atoms with Gasteiger partial charge in [-0.1, -0.05) is 0 Å². The number of hydrogen-bond acceptors (Lipinski definition) is 6. The molecule has 0 amide bonds. The van der Waals surface area contributed by atoms with Gasteiger partial charge in [-0.05, 0) is 48.7 Å². The van der Waals surface area contributed by atoms with Crippen molar-refractivity contribution in [3.8, 4) is 11.5 Å². The Morgan fingerprint density at radius 1 is 1.22 bits per heavy atom. The summed E-state index contributed by atoms with van der Waals surface area (Å²) in [6.07, 6.45) is 7.60. The van der Waals surface area contributed by atoms with Crippen LogP contribution in [0.4, 0.5) is 0 Å². The van der Waals surface area contributed by atoms with Gasteiger partial charge in [-0.15, -0.1) is 0 Å². The van der Waals surface area contributed by atoms with Crippen molar-refractivity contribution in [2.45, 2.75) is 25.5 Å². The lowest BCUT2D eigenvalue weighted by atomic mass is 10.0. The first-order chi connectivity index (χ1) is 13.3. The van der Waals surface area contributed by atoms with E-state index in [1.54, 1.807) is 24.5 Å². The van der Waals surface area contributed by atoms with Gasteiger partial charge in [0, 0.05) is 32.1 Å². The molecule has 138 valence electrons. The molecule has 1 aromatic carbocycles. The summed E-state index contributed by atoms with van der Waals surface area (Å²) in [4.78, 5) is 19.0. The fraction of sp³-hybridized carbons (Fsp3) is 0.333. The number of benzene rings is 1. The zero-order valence-corrected chi connectivity index (χ0v) is 14.9. The van der Waals surface area contributed by atoms with Gasteiger partial charge < -0.3 is 14.2 Å². The van der Waals surface area contributed by atoms with Crippen LogP contribution in [-0.2, 0) is 11.3 Å². The number of aromatic nitrogens is 1. The number of allylic oxidation sites excluding steroid dienone is 1. The number of carbonyl (C=O) groups excluding carboxylic acids is 1. The molecule has 2 aromatic rings. The van der Waals surface area contributed by atoms with Crippen molar-refractivity contribution < 1.29 is 19.0 Å². The van der Waals surface area contributed by atoms with Crippen LogP contribution in [0.15, 0.2) is 42.4 Å². The molecule has 1 atom stereocenters. The molecule has 0 spiro atoms. The molecule has 1 fully saturated rings. The summed E-state index contributed by atoms with van der Waals surface area (Å²) in [5, 5.41) is 0. The molecule has 27 heavy (non-hydrogen) atoms. The molecule has 5 rings (SSSR count). The predicted molar refractivity (Wildman–Crippen MR) is 98.5 cm³/mol. The number of carbonyl (C=O) groups is 1. The van der Waals surface area contributed by atoms with Crippen molar-refractivity contribution in [2.75, 3.05) is 19.9 Å². The highest BCUT2D eigenvalue weighted by Crippen LogP contribution is 2.42. The number of hydrogen-bond donors (Lipinski definition) is 0.